The second-order valence-electron chi connectivity index (χ2n) is 9.52. The fourth-order valence-corrected chi connectivity index (χ4v) is 6.31. The van der Waals surface area contributed by atoms with E-state index in [2.05, 4.69) is 22.3 Å². The predicted octanol–water partition coefficient (Wildman–Crippen LogP) is 3.36. The van der Waals surface area contributed by atoms with E-state index >= 15 is 0 Å². The van der Waals surface area contributed by atoms with Crippen molar-refractivity contribution in [3.8, 4) is 11.5 Å². The Hall–Kier alpha value is -1.23. The van der Waals surface area contributed by atoms with Gasteiger partial charge in [-0.25, -0.2) is 8.42 Å². The summed E-state index contributed by atoms with van der Waals surface area (Å²) in [5.74, 6) is 2.62. The molecule has 1 aromatic carbocycles. The molecule has 32 heavy (non-hydrogen) atoms. The molecule has 1 aromatic rings. The van der Waals surface area contributed by atoms with Crippen LogP contribution >= 0.6 is 24.0 Å². The highest BCUT2D eigenvalue weighted by atomic mass is 127. The molecule has 2 heterocycles. The van der Waals surface area contributed by atoms with Crippen molar-refractivity contribution >= 4 is 39.8 Å². The van der Waals surface area contributed by atoms with Gasteiger partial charge in [0.1, 0.15) is 13.2 Å². The van der Waals surface area contributed by atoms with Crippen LogP contribution in [0.4, 0.5) is 0 Å². The van der Waals surface area contributed by atoms with Crippen molar-refractivity contribution < 1.29 is 17.9 Å². The number of halogens is 1. The number of benzene rings is 1. The van der Waals surface area contributed by atoms with Crippen LogP contribution < -0.4 is 14.8 Å². The first kappa shape index (κ1) is 25.4. The minimum Gasteiger partial charge on any atom is -0.486 e. The van der Waals surface area contributed by atoms with Crippen molar-refractivity contribution in [3.63, 3.8) is 0 Å². The van der Waals surface area contributed by atoms with E-state index in [1.54, 1.807) is 0 Å². The number of rotatable bonds is 4. The van der Waals surface area contributed by atoms with E-state index in [-0.39, 0.29) is 35.1 Å². The highest BCUT2D eigenvalue weighted by Crippen LogP contribution is 2.44. The van der Waals surface area contributed by atoms with E-state index in [0.29, 0.717) is 32.8 Å². The molecule has 0 radical (unpaired) electrons. The van der Waals surface area contributed by atoms with E-state index in [0.717, 1.165) is 36.8 Å². The largest absolute Gasteiger partial charge is 0.486 e. The van der Waals surface area contributed by atoms with E-state index in [4.69, 9.17) is 14.5 Å². The van der Waals surface area contributed by atoms with Gasteiger partial charge < -0.3 is 19.7 Å². The van der Waals surface area contributed by atoms with Gasteiger partial charge in [0.05, 0.1) is 17.0 Å². The first-order chi connectivity index (χ1) is 14.8. The Kier molecular flexibility index (Phi) is 7.89. The van der Waals surface area contributed by atoms with Gasteiger partial charge in [0.2, 0.25) is 0 Å². The summed E-state index contributed by atoms with van der Waals surface area (Å²) in [6.07, 6.45) is 4.57. The third-order valence-corrected chi connectivity index (χ3v) is 9.46. The lowest BCUT2D eigenvalue weighted by atomic mass is 9.79. The van der Waals surface area contributed by atoms with E-state index in [9.17, 15) is 8.42 Å². The summed E-state index contributed by atoms with van der Waals surface area (Å²) in [5.41, 5.74) is 1.24. The van der Waals surface area contributed by atoms with Crippen LogP contribution in [0.1, 0.15) is 52.0 Å². The molecule has 0 amide bonds. The quantitative estimate of drug-likeness (QED) is 0.336. The maximum Gasteiger partial charge on any atom is 0.194 e. The fraction of sp³-hybridized carbons (Fsp3) is 0.696. The van der Waals surface area contributed by atoms with Gasteiger partial charge in [-0.2, -0.15) is 0 Å². The van der Waals surface area contributed by atoms with Crippen molar-refractivity contribution in [1.82, 2.24) is 10.2 Å². The van der Waals surface area contributed by atoms with Gasteiger partial charge in [-0.1, -0.05) is 18.9 Å². The maximum atomic E-state index is 12.4. The smallest absolute Gasteiger partial charge is 0.194 e. The minimum absolute atomic E-state index is 0. The molecule has 0 aromatic heterocycles. The third-order valence-electron chi connectivity index (χ3n) is 6.92. The number of fused-ring (bicyclic) bond motifs is 1. The number of sulfone groups is 1. The Labute approximate surface area is 209 Å². The molecule has 3 aliphatic rings. The Balaban J connectivity index is 0.00000289. The first-order valence-electron chi connectivity index (χ1n) is 11.4. The second-order valence-corrected chi connectivity index (χ2v) is 12.3. The topological polar surface area (TPSA) is 80.2 Å². The first-order valence-corrected chi connectivity index (χ1v) is 13.1. The van der Waals surface area contributed by atoms with Gasteiger partial charge in [0.15, 0.2) is 27.3 Å². The van der Waals surface area contributed by atoms with E-state index < -0.39 is 14.6 Å². The van der Waals surface area contributed by atoms with Gasteiger partial charge in [0.25, 0.3) is 0 Å². The molecule has 4 rings (SSSR count). The normalized spacial score (nSPS) is 23.3. The number of nitrogens with one attached hydrogen (secondary N) is 1. The molecule has 7 nitrogen and oxygen atoms in total. The zero-order valence-electron chi connectivity index (χ0n) is 19.4. The molecule has 2 fully saturated rings. The monoisotopic (exact) mass is 577 g/mol. The zero-order chi connectivity index (χ0) is 22.1. The molecule has 0 bridgehead atoms. The average molecular weight is 578 g/mol. The maximum absolute atomic E-state index is 12.4. The third kappa shape index (κ3) is 4.98. The number of aliphatic imine (C=N–C) groups is 1. The molecular weight excluding hydrogens is 541 g/mol. The highest BCUT2D eigenvalue weighted by molar-refractivity contribution is 14.0. The highest BCUT2D eigenvalue weighted by Gasteiger charge is 2.41. The van der Waals surface area contributed by atoms with Crippen LogP contribution in [0.5, 0.6) is 11.5 Å². The van der Waals surface area contributed by atoms with Crippen LogP contribution in [-0.4, -0.2) is 69.2 Å². The van der Waals surface area contributed by atoms with Gasteiger partial charge >= 0.3 is 0 Å². The van der Waals surface area contributed by atoms with E-state index in [1.165, 1.54) is 18.4 Å². The summed E-state index contributed by atoms with van der Waals surface area (Å²) < 4.78 is 35.6. The fourth-order valence-electron chi connectivity index (χ4n) is 4.94. The standard InChI is InChI=1S/C23H35N3O4S.HI/c1-4-24-21(26-11-14-31(27,28)22(2,3)17-26)25-16-23(9-5-6-10-23)18-7-8-19-20(15-18)30-13-12-29-19;/h7-8,15H,4-6,9-14,16-17H2,1-3H3,(H,24,25);1H. The van der Waals surface area contributed by atoms with Crippen LogP contribution in [0.25, 0.3) is 0 Å². The van der Waals surface area contributed by atoms with Crippen molar-refractivity contribution in [2.45, 2.75) is 56.6 Å². The second kappa shape index (κ2) is 9.95. The van der Waals surface area contributed by atoms with Crippen LogP contribution in [0, 0.1) is 0 Å². The molecule has 2 aliphatic heterocycles. The van der Waals surface area contributed by atoms with Crippen molar-refractivity contribution in [2.75, 3.05) is 45.1 Å². The minimum atomic E-state index is -3.09. The SMILES string of the molecule is CCNC(=NCC1(c2ccc3c(c2)OCCO3)CCCC1)N1CCS(=O)(=O)C(C)(C)C1.I. The van der Waals surface area contributed by atoms with E-state index in [1.807, 2.05) is 26.8 Å². The summed E-state index contributed by atoms with van der Waals surface area (Å²) in [7, 11) is -3.09. The molecule has 0 atom stereocenters. The van der Waals surface area contributed by atoms with Crippen molar-refractivity contribution in [3.05, 3.63) is 23.8 Å². The average Bonchev–Trinajstić information content (AvgIpc) is 3.23. The molecule has 0 unspecified atom stereocenters. The van der Waals surface area contributed by atoms with Crippen molar-refractivity contribution in [1.29, 1.82) is 0 Å². The lowest BCUT2D eigenvalue weighted by molar-refractivity contribution is 0.171. The van der Waals surface area contributed by atoms with Crippen LogP contribution in [0.15, 0.2) is 23.2 Å². The molecule has 1 aliphatic carbocycles. The van der Waals surface area contributed by atoms with Crippen molar-refractivity contribution in [2.24, 2.45) is 4.99 Å². The number of ether oxygens (including phenoxy) is 2. The number of nitrogens with zero attached hydrogens (tertiary/aromatic N) is 2. The van der Waals surface area contributed by atoms with Gasteiger partial charge in [0, 0.05) is 25.0 Å². The Bertz CT molecular complexity index is 943. The number of hydrogen-bond acceptors (Lipinski definition) is 5. The lowest BCUT2D eigenvalue weighted by Gasteiger charge is -2.39. The molecule has 1 saturated heterocycles. The Morgan fingerprint density at radius 2 is 1.84 bits per heavy atom. The Morgan fingerprint density at radius 3 is 2.50 bits per heavy atom. The summed E-state index contributed by atoms with van der Waals surface area (Å²) in [6, 6.07) is 6.33. The molecule has 9 heteroatoms. The van der Waals surface area contributed by atoms with Gasteiger partial charge in [-0.15, -0.1) is 24.0 Å². The molecule has 1 saturated carbocycles. The molecule has 1 N–H and O–H groups in total. The van der Waals surface area contributed by atoms with Crippen LogP contribution in [0.3, 0.4) is 0 Å². The summed E-state index contributed by atoms with van der Waals surface area (Å²) in [6.45, 7) is 9.21. The molecular formula is C23H36IN3O4S. The number of hydrogen-bond donors (Lipinski definition) is 1. The molecule has 180 valence electrons. The summed E-state index contributed by atoms with van der Waals surface area (Å²) in [4.78, 5) is 7.17. The Morgan fingerprint density at radius 1 is 1.16 bits per heavy atom. The van der Waals surface area contributed by atoms with Crippen LogP contribution in [-0.2, 0) is 15.3 Å². The van der Waals surface area contributed by atoms with Gasteiger partial charge in [-0.05, 0) is 51.3 Å². The molecule has 0 spiro atoms. The zero-order valence-corrected chi connectivity index (χ0v) is 22.5. The predicted molar refractivity (Wildman–Crippen MR) is 138 cm³/mol. The lowest BCUT2D eigenvalue weighted by Crippen LogP contribution is -2.57. The summed E-state index contributed by atoms with van der Waals surface area (Å²) in [5, 5.41) is 3.40. The van der Waals surface area contributed by atoms with Gasteiger partial charge in [-0.3, -0.25) is 4.99 Å². The summed E-state index contributed by atoms with van der Waals surface area (Å²) >= 11 is 0. The van der Waals surface area contributed by atoms with Crippen LogP contribution in [0.2, 0.25) is 0 Å². The number of guanidine groups is 1.